The fourth-order valence-corrected chi connectivity index (χ4v) is 4.05. The summed E-state index contributed by atoms with van der Waals surface area (Å²) < 4.78 is 13.1. The number of halogens is 1. The third-order valence-corrected chi connectivity index (χ3v) is 5.60. The van der Waals surface area contributed by atoms with E-state index in [-0.39, 0.29) is 11.7 Å². The number of amides is 1. The van der Waals surface area contributed by atoms with Crippen LogP contribution in [0.25, 0.3) is 0 Å². The topological polar surface area (TPSA) is 26.8 Å². The van der Waals surface area contributed by atoms with Crippen molar-refractivity contribution >= 4 is 17.3 Å². The molecule has 0 aromatic heterocycles. The molecule has 2 aliphatic rings. The third kappa shape index (κ3) is 4.14. The van der Waals surface area contributed by atoms with Crippen molar-refractivity contribution in [2.75, 3.05) is 49.1 Å². The van der Waals surface area contributed by atoms with Gasteiger partial charge in [0.05, 0.1) is 6.42 Å². The molecule has 1 saturated heterocycles. The molecular formula is C22H26FN3O. The second-order valence-electron chi connectivity index (χ2n) is 7.36. The summed E-state index contributed by atoms with van der Waals surface area (Å²) in [6.07, 6.45) is 2.67. The van der Waals surface area contributed by atoms with Crippen molar-refractivity contribution in [3.63, 3.8) is 0 Å². The largest absolute Gasteiger partial charge is 0.369 e. The normalized spacial score (nSPS) is 17.4. The highest BCUT2D eigenvalue weighted by atomic mass is 19.1. The van der Waals surface area contributed by atoms with Gasteiger partial charge in [0.15, 0.2) is 0 Å². The molecule has 5 heteroatoms. The second-order valence-corrected chi connectivity index (χ2v) is 7.36. The zero-order valence-electron chi connectivity index (χ0n) is 15.6. The standard InChI is InChI=1S/C22H26FN3O/c23-19-7-9-20(10-8-19)25-15-13-24(14-16-25)11-3-4-12-26-21-6-2-1-5-18(21)17-22(26)27/h1-2,5-10H,3-4,11-17H2. The van der Waals surface area contributed by atoms with E-state index in [2.05, 4.69) is 15.9 Å². The van der Waals surface area contributed by atoms with E-state index in [0.29, 0.717) is 6.42 Å². The fraction of sp³-hybridized carbons (Fsp3) is 0.409. The predicted molar refractivity (Wildman–Crippen MR) is 107 cm³/mol. The fourth-order valence-electron chi connectivity index (χ4n) is 4.05. The first kappa shape index (κ1) is 18.0. The zero-order valence-corrected chi connectivity index (χ0v) is 15.6. The van der Waals surface area contributed by atoms with E-state index in [4.69, 9.17) is 0 Å². The first-order chi connectivity index (χ1) is 13.2. The molecule has 27 heavy (non-hydrogen) atoms. The lowest BCUT2D eigenvalue weighted by molar-refractivity contribution is -0.117. The molecule has 4 rings (SSSR count). The summed E-state index contributed by atoms with van der Waals surface area (Å²) in [5, 5.41) is 0. The smallest absolute Gasteiger partial charge is 0.231 e. The molecule has 0 atom stereocenters. The van der Waals surface area contributed by atoms with Crippen LogP contribution < -0.4 is 9.80 Å². The highest BCUT2D eigenvalue weighted by Crippen LogP contribution is 2.28. The zero-order chi connectivity index (χ0) is 18.6. The molecule has 0 spiro atoms. The maximum atomic E-state index is 13.1. The minimum Gasteiger partial charge on any atom is -0.369 e. The average molecular weight is 367 g/mol. The average Bonchev–Trinajstić information content (AvgIpc) is 3.02. The van der Waals surface area contributed by atoms with E-state index >= 15 is 0 Å². The summed E-state index contributed by atoms with van der Waals surface area (Å²) in [7, 11) is 0. The Labute approximate surface area is 160 Å². The first-order valence-electron chi connectivity index (χ1n) is 9.82. The molecule has 1 fully saturated rings. The van der Waals surface area contributed by atoms with Crippen LogP contribution in [-0.2, 0) is 11.2 Å². The van der Waals surface area contributed by atoms with E-state index in [1.807, 2.05) is 35.2 Å². The number of piperazine rings is 1. The lowest BCUT2D eigenvalue weighted by atomic mass is 10.2. The van der Waals surface area contributed by atoms with Crippen molar-refractivity contribution in [3.05, 3.63) is 59.9 Å². The maximum absolute atomic E-state index is 13.1. The van der Waals surface area contributed by atoms with Gasteiger partial charge in [-0.2, -0.15) is 0 Å². The highest BCUT2D eigenvalue weighted by molar-refractivity contribution is 6.01. The molecule has 2 heterocycles. The van der Waals surface area contributed by atoms with Crippen LogP contribution >= 0.6 is 0 Å². The van der Waals surface area contributed by atoms with Gasteiger partial charge >= 0.3 is 0 Å². The molecule has 0 saturated carbocycles. The number of carbonyl (C=O) groups is 1. The summed E-state index contributed by atoms with van der Waals surface area (Å²) in [6, 6.07) is 14.9. The molecule has 0 radical (unpaired) electrons. The molecule has 0 unspecified atom stereocenters. The lowest BCUT2D eigenvalue weighted by Gasteiger charge is -2.36. The van der Waals surface area contributed by atoms with E-state index in [1.165, 1.54) is 12.1 Å². The van der Waals surface area contributed by atoms with Gasteiger partial charge in [-0.05, 0) is 55.3 Å². The van der Waals surface area contributed by atoms with Gasteiger partial charge in [0.1, 0.15) is 5.82 Å². The van der Waals surface area contributed by atoms with Crippen LogP contribution in [0.15, 0.2) is 48.5 Å². The number of nitrogens with zero attached hydrogens (tertiary/aromatic N) is 3. The number of benzene rings is 2. The van der Waals surface area contributed by atoms with Gasteiger partial charge in [0.2, 0.25) is 5.91 Å². The second kappa shape index (κ2) is 8.09. The lowest BCUT2D eigenvalue weighted by Crippen LogP contribution is -2.46. The first-order valence-corrected chi connectivity index (χ1v) is 9.82. The summed E-state index contributed by atoms with van der Waals surface area (Å²) in [5.74, 6) is 0.0422. The van der Waals surface area contributed by atoms with Crippen molar-refractivity contribution in [2.45, 2.75) is 19.3 Å². The molecule has 0 bridgehead atoms. The summed E-state index contributed by atoms with van der Waals surface area (Å²) in [6.45, 7) is 5.89. The number of unbranched alkanes of at least 4 members (excludes halogenated alkanes) is 1. The predicted octanol–water partition coefficient (Wildman–Crippen LogP) is 3.32. The number of hydrogen-bond acceptors (Lipinski definition) is 3. The Kier molecular flexibility index (Phi) is 5.39. The van der Waals surface area contributed by atoms with E-state index in [1.54, 1.807) is 0 Å². The van der Waals surface area contributed by atoms with Crippen LogP contribution in [0.1, 0.15) is 18.4 Å². The van der Waals surface area contributed by atoms with Gasteiger partial charge in [-0.25, -0.2) is 4.39 Å². The summed E-state index contributed by atoms with van der Waals surface area (Å²) >= 11 is 0. The van der Waals surface area contributed by atoms with Gasteiger partial charge in [-0.15, -0.1) is 0 Å². The number of rotatable bonds is 6. The van der Waals surface area contributed by atoms with E-state index in [0.717, 1.165) is 69.0 Å². The third-order valence-electron chi connectivity index (χ3n) is 5.60. The van der Waals surface area contributed by atoms with Crippen LogP contribution in [0.4, 0.5) is 15.8 Å². The van der Waals surface area contributed by atoms with E-state index in [9.17, 15) is 9.18 Å². The van der Waals surface area contributed by atoms with Crippen LogP contribution in [0.2, 0.25) is 0 Å². The summed E-state index contributed by atoms with van der Waals surface area (Å²) in [5.41, 5.74) is 3.34. The minimum atomic E-state index is -0.184. The molecule has 2 aromatic rings. The Morgan fingerprint density at radius 3 is 2.33 bits per heavy atom. The van der Waals surface area contributed by atoms with Gasteiger partial charge in [-0.3, -0.25) is 9.69 Å². The van der Waals surface area contributed by atoms with Gasteiger partial charge in [0.25, 0.3) is 0 Å². The Morgan fingerprint density at radius 2 is 1.56 bits per heavy atom. The quantitative estimate of drug-likeness (QED) is 0.733. The molecular weight excluding hydrogens is 341 g/mol. The van der Waals surface area contributed by atoms with Gasteiger partial charge in [-0.1, -0.05) is 18.2 Å². The summed E-state index contributed by atoms with van der Waals surface area (Å²) in [4.78, 5) is 19.0. The van der Waals surface area contributed by atoms with Crippen LogP contribution in [0, 0.1) is 5.82 Å². The molecule has 0 N–H and O–H groups in total. The van der Waals surface area contributed by atoms with Crippen LogP contribution in [0.3, 0.4) is 0 Å². The SMILES string of the molecule is O=C1Cc2ccccc2N1CCCCN1CCN(c2ccc(F)cc2)CC1. The van der Waals surface area contributed by atoms with E-state index < -0.39 is 0 Å². The Bertz CT molecular complexity index is 784. The van der Waals surface area contributed by atoms with Crippen molar-refractivity contribution < 1.29 is 9.18 Å². The van der Waals surface area contributed by atoms with Crippen molar-refractivity contribution in [1.29, 1.82) is 0 Å². The number of anilines is 2. The molecule has 2 aromatic carbocycles. The van der Waals surface area contributed by atoms with Crippen molar-refractivity contribution in [2.24, 2.45) is 0 Å². The molecule has 142 valence electrons. The molecule has 0 aliphatic carbocycles. The number of hydrogen-bond donors (Lipinski definition) is 0. The monoisotopic (exact) mass is 367 g/mol. The highest BCUT2D eigenvalue weighted by Gasteiger charge is 2.26. The molecule has 2 aliphatic heterocycles. The Morgan fingerprint density at radius 1 is 0.852 bits per heavy atom. The minimum absolute atomic E-state index is 0.184. The van der Waals surface area contributed by atoms with Crippen LogP contribution in [0.5, 0.6) is 0 Å². The number of carbonyl (C=O) groups excluding carboxylic acids is 1. The maximum Gasteiger partial charge on any atom is 0.231 e. The Hall–Kier alpha value is -2.40. The van der Waals surface area contributed by atoms with Crippen molar-refractivity contribution in [1.82, 2.24) is 4.90 Å². The number of fused-ring (bicyclic) bond motifs is 1. The van der Waals surface area contributed by atoms with Gasteiger partial charge < -0.3 is 9.80 Å². The Balaban J connectivity index is 1.19. The van der Waals surface area contributed by atoms with Crippen molar-refractivity contribution in [3.8, 4) is 0 Å². The van der Waals surface area contributed by atoms with Crippen LogP contribution in [-0.4, -0.2) is 50.1 Å². The molecule has 1 amide bonds. The van der Waals surface area contributed by atoms with Gasteiger partial charge in [0, 0.05) is 44.1 Å². The molecule has 4 nitrogen and oxygen atoms in total. The number of para-hydroxylation sites is 1.